The fourth-order valence-corrected chi connectivity index (χ4v) is 3.39. The Morgan fingerprint density at radius 3 is 2.56 bits per heavy atom. The summed E-state index contributed by atoms with van der Waals surface area (Å²) in [4.78, 5) is 39.4. The molecular weight excluding hydrogens is 320 g/mol. The average molecular weight is 344 g/mol. The number of amides is 2. The summed E-state index contributed by atoms with van der Waals surface area (Å²) in [7, 11) is 0. The van der Waals surface area contributed by atoms with Crippen molar-refractivity contribution in [2.45, 2.75) is 44.7 Å². The maximum Gasteiger partial charge on any atom is 0.303 e. The smallest absolute Gasteiger partial charge is 0.303 e. The minimum absolute atomic E-state index is 0.0364. The molecule has 1 N–H and O–H groups in total. The molecule has 1 aromatic carbocycles. The van der Waals surface area contributed by atoms with E-state index in [4.69, 9.17) is 5.11 Å². The molecule has 134 valence electrons. The van der Waals surface area contributed by atoms with Gasteiger partial charge in [-0.25, -0.2) is 0 Å². The van der Waals surface area contributed by atoms with E-state index in [0.29, 0.717) is 32.1 Å². The number of aliphatic carboxylic acids is 1. The second kappa shape index (κ2) is 7.68. The van der Waals surface area contributed by atoms with Gasteiger partial charge < -0.3 is 14.9 Å². The summed E-state index contributed by atoms with van der Waals surface area (Å²) < 4.78 is 0. The van der Waals surface area contributed by atoms with Gasteiger partial charge in [-0.05, 0) is 24.8 Å². The maximum absolute atomic E-state index is 13.0. The van der Waals surface area contributed by atoms with Crippen molar-refractivity contribution in [2.24, 2.45) is 5.92 Å². The third kappa shape index (κ3) is 4.59. The summed E-state index contributed by atoms with van der Waals surface area (Å²) >= 11 is 0. The van der Waals surface area contributed by atoms with Crippen molar-refractivity contribution >= 4 is 17.8 Å². The second-order valence-corrected chi connectivity index (χ2v) is 6.92. The lowest BCUT2D eigenvalue weighted by Gasteiger charge is -2.26. The van der Waals surface area contributed by atoms with Crippen LogP contribution in [0.2, 0.25) is 0 Å². The molecule has 2 fully saturated rings. The number of hydrogen-bond donors (Lipinski definition) is 1. The Morgan fingerprint density at radius 2 is 1.92 bits per heavy atom. The molecule has 1 saturated heterocycles. The summed E-state index contributed by atoms with van der Waals surface area (Å²) in [6.07, 6.45) is 2.81. The summed E-state index contributed by atoms with van der Waals surface area (Å²) in [6.45, 7) is 1.36. The van der Waals surface area contributed by atoms with Gasteiger partial charge in [0.25, 0.3) is 0 Å². The van der Waals surface area contributed by atoms with Crippen LogP contribution in [0, 0.1) is 5.92 Å². The fraction of sp³-hybridized carbons (Fsp3) is 0.526. The lowest BCUT2D eigenvalue weighted by molar-refractivity contribution is -0.139. The number of carboxylic acids is 1. The van der Waals surface area contributed by atoms with Crippen LogP contribution in [-0.2, 0) is 20.9 Å². The van der Waals surface area contributed by atoms with E-state index >= 15 is 0 Å². The number of carbonyl (C=O) groups is 3. The quantitative estimate of drug-likeness (QED) is 0.781. The number of benzene rings is 1. The third-order valence-corrected chi connectivity index (χ3v) is 4.84. The molecule has 2 aliphatic rings. The zero-order valence-electron chi connectivity index (χ0n) is 14.3. The average Bonchev–Trinajstić information content (AvgIpc) is 3.36. The lowest BCUT2D eigenvalue weighted by atomic mass is 10.1. The Bertz CT molecular complexity index is 642. The van der Waals surface area contributed by atoms with Gasteiger partial charge in [0.15, 0.2) is 0 Å². The Labute approximate surface area is 147 Å². The molecule has 1 unspecified atom stereocenters. The van der Waals surface area contributed by atoms with Crippen LogP contribution < -0.4 is 0 Å². The molecule has 6 nitrogen and oxygen atoms in total. The van der Waals surface area contributed by atoms with E-state index in [1.54, 1.807) is 4.90 Å². The van der Waals surface area contributed by atoms with Gasteiger partial charge in [0.1, 0.15) is 0 Å². The first kappa shape index (κ1) is 17.5. The van der Waals surface area contributed by atoms with Crippen LogP contribution in [0.15, 0.2) is 30.3 Å². The highest BCUT2D eigenvalue weighted by molar-refractivity contribution is 5.89. The molecule has 0 aromatic heterocycles. The van der Waals surface area contributed by atoms with Gasteiger partial charge in [-0.1, -0.05) is 30.3 Å². The Kier molecular flexibility index (Phi) is 5.36. The van der Waals surface area contributed by atoms with Gasteiger partial charge in [-0.2, -0.15) is 0 Å². The number of hydrogen-bond acceptors (Lipinski definition) is 3. The zero-order chi connectivity index (χ0) is 17.8. The minimum atomic E-state index is -0.858. The topological polar surface area (TPSA) is 77.9 Å². The van der Waals surface area contributed by atoms with Crippen molar-refractivity contribution in [3.05, 3.63) is 35.9 Å². The van der Waals surface area contributed by atoms with E-state index in [-0.39, 0.29) is 30.6 Å². The Balaban J connectivity index is 1.65. The molecule has 1 aromatic rings. The highest BCUT2D eigenvalue weighted by Crippen LogP contribution is 2.33. The van der Waals surface area contributed by atoms with Crippen molar-refractivity contribution in [1.82, 2.24) is 9.80 Å². The standard InChI is InChI=1S/C19H24N2O4/c22-17-11-15(13-21(17)16-8-9-16)19(25)20(10-4-7-18(23)24)12-14-5-2-1-3-6-14/h1-3,5-6,15-16H,4,7-13H2,(H,23,24). The summed E-state index contributed by atoms with van der Waals surface area (Å²) in [5, 5.41) is 8.85. The van der Waals surface area contributed by atoms with Gasteiger partial charge in [0.05, 0.1) is 5.92 Å². The molecule has 0 radical (unpaired) electrons. The summed E-state index contributed by atoms with van der Waals surface area (Å²) in [5.74, 6) is -1.12. The van der Waals surface area contributed by atoms with Crippen molar-refractivity contribution in [1.29, 1.82) is 0 Å². The van der Waals surface area contributed by atoms with Crippen LogP contribution in [-0.4, -0.2) is 51.8 Å². The summed E-state index contributed by atoms with van der Waals surface area (Å²) in [5.41, 5.74) is 1.01. The Morgan fingerprint density at radius 1 is 1.20 bits per heavy atom. The fourth-order valence-electron chi connectivity index (χ4n) is 3.39. The second-order valence-electron chi connectivity index (χ2n) is 6.92. The molecule has 1 saturated carbocycles. The number of likely N-dealkylation sites (tertiary alicyclic amines) is 1. The molecule has 2 amide bonds. The molecule has 0 spiro atoms. The first-order chi connectivity index (χ1) is 12.0. The van der Waals surface area contributed by atoms with Crippen LogP contribution in [0.3, 0.4) is 0 Å². The number of carbonyl (C=O) groups excluding carboxylic acids is 2. The molecule has 1 atom stereocenters. The van der Waals surface area contributed by atoms with Gasteiger partial charge in [0, 0.05) is 38.5 Å². The molecule has 1 aliphatic carbocycles. The van der Waals surface area contributed by atoms with E-state index in [1.807, 2.05) is 35.2 Å². The first-order valence-electron chi connectivity index (χ1n) is 8.88. The van der Waals surface area contributed by atoms with E-state index in [2.05, 4.69) is 0 Å². The Hall–Kier alpha value is -2.37. The maximum atomic E-state index is 13.0. The van der Waals surface area contributed by atoms with Crippen LogP contribution in [0.5, 0.6) is 0 Å². The lowest BCUT2D eigenvalue weighted by Crippen LogP contribution is -2.38. The van der Waals surface area contributed by atoms with Crippen LogP contribution in [0.4, 0.5) is 0 Å². The van der Waals surface area contributed by atoms with Gasteiger partial charge >= 0.3 is 5.97 Å². The minimum Gasteiger partial charge on any atom is -0.481 e. The van der Waals surface area contributed by atoms with Crippen LogP contribution >= 0.6 is 0 Å². The van der Waals surface area contributed by atoms with Crippen LogP contribution in [0.25, 0.3) is 0 Å². The number of nitrogens with zero attached hydrogens (tertiary/aromatic N) is 2. The summed E-state index contributed by atoms with van der Waals surface area (Å²) in [6, 6.07) is 10.00. The van der Waals surface area contributed by atoms with Crippen molar-refractivity contribution in [3.8, 4) is 0 Å². The monoisotopic (exact) mass is 344 g/mol. The zero-order valence-corrected chi connectivity index (χ0v) is 14.3. The van der Waals surface area contributed by atoms with Gasteiger partial charge in [-0.3, -0.25) is 14.4 Å². The highest BCUT2D eigenvalue weighted by atomic mass is 16.4. The molecular formula is C19H24N2O4. The normalized spacial score (nSPS) is 19.9. The van der Waals surface area contributed by atoms with E-state index in [9.17, 15) is 14.4 Å². The predicted molar refractivity (Wildman–Crippen MR) is 91.6 cm³/mol. The van der Waals surface area contributed by atoms with Crippen molar-refractivity contribution < 1.29 is 19.5 Å². The van der Waals surface area contributed by atoms with Crippen LogP contribution in [0.1, 0.15) is 37.7 Å². The van der Waals surface area contributed by atoms with Crippen molar-refractivity contribution in [3.63, 3.8) is 0 Å². The third-order valence-electron chi connectivity index (χ3n) is 4.84. The molecule has 25 heavy (non-hydrogen) atoms. The van der Waals surface area contributed by atoms with Gasteiger partial charge in [-0.15, -0.1) is 0 Å². The van der Waals surface area contributed by atoms with Gasteiger partial charge in [0.2, 0.25) is 11.8 Å². The van der Waals surface area contributed by atoms with E-state index in [0.717, 1.165) is 18.4 Å². The van der Waals surface area contributed by atoms with Crippen molar-refractivity contribution in [2.75, 3.05) is 13.1 Å². The molecule has 1 aliphatic heterocycles. The molecule has 3 rings (SSSR count). The SMILES string of the molecule is O=C(O)CCCN(Cc1ccccc1)C(=O)C1CC(=O)N(C2CC2)C1. The number of rotatable bonds is 8. The highest BCUT2D eigenvalue weighted by Gasteiger charge is 2.42. The first-order valence-corrected chi connectivity index (χ1v) is 8.88. The largest absolute Gasteiger partial charge is 0.481 e. The van der Waals surface area contributed by atoms with E-state index in [1.165, 1.54) is 0 Å². The predicted octanol–water partition coefficient (Wildman–Crippen LogP) is 1.89. The number of carboxylic acid groups (broad SMARTS) is 1. The molecule has 1 heterocycles. The molecule has 0 bridgehead atoms. The molecule has 6 heteroatoms. The van der Waals surface area contributed by atoms with E-state index < -0.39 is 5.97 Å².